The lowest BCUT2D eigenvalue weighted by atomic mass is 9.70. The minimum Gasteiger partial charge on any atom is -0.379 e. The summed E-state index contributed by atoms with van der Waals surface area (Å²) in [6.07, 6.45) is 13.0. The quantitative estimate of drug-likeness (QED) is 0.191. The van der Waals surface area contributed by atoms with Gasteiger partial charge in [-0.2, -0.15) is 0 Å². The Bertz CT molecular complexity index is 966. The average molecular weight is 663 g/mol. The van der Waals surface area contributed by atoms with Gasteiger partial charge >= 0.3 is 0 Å². The number of morpholine rings is 2. The van der Waals surface area contributed by atoms with Gasteiger partial charge in [0.2, 0.25) is 0 Å². The third-order valence-electron chi connectivity index (χ3n) is 9.15. The lowest BCUT2D eigenvalue weighted by molar-refractivity contribution is 0.0371. The van der Waals surface area contributed by atoms with Gasteiger partial charge in [0.25, 0.3) is 0 Å². The number of fused-ring (bicyclic) bond motifs is 3. The normalized spacial score (nSPS) is 19.2. The maximum Gasteiger partial charge on any atom is 0.0594 e. The van der Waals surface area contributed by atoms with Gasteiger partial charge in [0.05, 0.1) is 26.4 Å². The molecule has 39 heavy (non-hydrogen) atoms. The smallest absolute Gasteiger partial charge is 0.0594 e. The molecule has 2 aromatic carbocycles. The minimum absolute atomic E-state index is 0.118. The van der Waals surface area contributed by atoms with Gasteiger partial charge in [0.15, 0.2) is 0 Å². The van der Waals surface area contributed by atoms with Gasteiger partial charge in [-0.15, -0.1) is 0 Å². The largest absolute Gasteiger partial charge is 0.379 e. The van der Waals surface area contributed by atoms with Crippen molar-refractivity contribution in [2.75, 3.05) is 65.7 Å². The van der Waals surface area contributed by atoms with E-state index in [9.17, 15) is 0 Å². The van der Waals surface area contributed by atoms with Crippen molar-refractivity contribution in [2.45, 2.75) is 69.6 Å². The van der Waals surface area contributed by atoms with E-state index >= 15 is 0 Å². The molecule has 0 amide bonds. The van der Waals surface area contributed by atoms with Gasteiger partial charge in [-0.1, -0.05) is 82.5 Å². The van der Waals surface area contributed by atoms with Gasteiger partial charge in [0.1, 0.15) is 0 Å². The first kappa shape index (κ1) is 29.7. The molecule has 0 atom stereocenters. The van der Waals surface area contributed by atoms with Crippen LogP contribution in [0.15, 0.2) is 45.3 Å². The standard InChI is InChI=1S/C33H46Br2N2O2/c34-27-9-11-29-30-12-10-28(35)26-32(30)33(31(29)25-27,13-5-1-3-7-15-36-17-21-38-22-18-36)14-6-2-4-8-16-37-19-23-39-24-20-37/h9-12,25-26H,1-8,13-24H2. The SMILES string of the molecule is Brc1ccc2c(c1)C(CCCCCCN1CCOCC1)(CCCCCCN1CCOCC1)c1cc(Br)ccc1-2. The van der Waals surface area contributed by atoms with Crippen LogP contribution in [0.4, 0.5) is 0 Å². The summed E-state index contributed by atoms with van der Waals surface area (Å²) < 4.78 is 13.4. The minimum atomic E-state index is 0.118. The molecule has 0 unspecified atom stereocenters. The summed E-state index contributed by atoms with van der Waals surface area (Å²) in [7, 11) is 0. The molecule has 0 spiro atoms. The molecule has 6 heteroatoms. The van der Waals surface area contributed by atoms with Gasteiger partial charge in [-0.05, 0) is 85.3 Å². The molecule has 1 aliphatic carbocycles. The van der Waals surface area contributed by atoms with Crippen molar-refractivity contribution in [2.24, 2.45) is 0 Å². The molecule has 2 aromatic rings. The Balaban J connectivity index is 1.22. The summed E-state index contributed by atoms with van der Waals surface area (Å²) in [6, 6.07) is 14.0. The summed E-state index contributed by atoms with van der Waals surface area (Å²) >= 11 is 7.64. The molecule has 214 valence electrons. The Morgan fingerprint density at radius 1 is 0.564 bits per heavy atom. The zero-order valence-corrected chi connectivity index (χ0v) is 26.7. The Hall–Kier alpha value is -0.760. The van der Waals surface area contributed by atoms with Crippen LogP contribution in [-0.2, 0) is 14.9 Å². The molecule has 0 aromatic heterocycles. The number of nitrogens with zero attached hydrogens (tertiary/aromatic N) is 2. The Labute approximate surface area is 253 Å². The monoisotopic (exact) mass is 660 g/mol. The van der Waals surface area contributed by atoms with Crippen LogP contribution in [0.3, 0.4) is 0 Å². The van der Waals surface area contributed by atoms with Gasteiger partial charge in [-0.25, -0.2) is 0 Å². The molecule has 2 fully saturated rings. The summed E-state index contributed by atoms with van der Waals surface area (Å²) in [4.78, 5) is 5.14. The number of hydrogen-bond donors (Lipinski definition) is 0. The summed E-state index contributed by atoms with van der Waals surface area (Å²) in [6.45, 7) is 10.5. The molecular weight excluding hydrogens is 616 g/mol. The maximum absolute atomic E-state index is 5.51. The van der Waals surface area contributed by atoms with E-state index in [0.717, 1.165) is 52.6 Å². The number of rotatable bonds is 14. The van der Waals surface area contributed by atoms with E-state index < -0.39 is 0 Å². The fourth-order valence-corrected chi connectivity index (χ4v) is 7.71. The van der Waals surface area contributed by atoms with Crippen LogP contribution >= 0.6 is 31.9 Å². The van der Waals surface area contributed by atoms with Crippen LogP contribution in [0.5, 0.6) is 0 Å². The average Bonchev–Trinajstić information content (AvgIpc) is 3.21. The van der Waals surface area contributed by atoms with Crippen LogP contribution in [0.25, 0.3) is 11.1 Å². The third kappa shape index (κ3) is 7.75. The highest BCUT2D eigenvalue weighted by Gasteiger charge is 2.42. The van der Waals surface area contributed by atoms with E-state index in [2.05, 4.69) is 78.1 Å². The molecule has 2 heterocycles. The predicted octanol–water partition coefficient (Wildman–Crippen LogP) is 8.04. The van der Waals surface area contributed by atoms with Crippen LogP contribution in [0, 0.1) is 0 Å². The lowest BCUT2D eigenvalue weighted by Crippen LogP contribution is -2.36. The van der Waals surface area contributed by atoms with Crippen LogP contribution in [0.2, 0.25) is 0 Å². The van der Waals surface area contributed by atoms with Crippen molar-refractivity contribution in [1.29, 1.82) is 0 Å². The fourth-order valence-electron chi connectivity index (χ4n) is 6.98. The van der Waals surface area contributed by atoms with Crippen molar-refractivity contribution >= 4 is 31.9 Å². The van der Waals surface area contributed by atoms with E-state index in [-0.39, 0.29) is 5.41 Å². The number of unbranched alkanes of at least 4 members (excludes halogenated alkanes) is 6. The van der Waals surface area contributed by atoms with Gasteiger partial charge in [0, 0.05) is 40.5 Å². The van der Waals surface area contributed by atoms with E-state index in [1.54, 1.807) is 11.1 Å². The zero-order valence-electron chi connectivity index (χ0n) is 23.6. The van der Waals surface area contributed by atoms with Crippen molar-refractivity contribution in [1.82, 2.24) is 9.80 Å². The Morgan fingerprint density at radius 2 is 0.974 bits per heavy atom. The summed E-state index contributed by atoms with van der Waals surface area (Å²) in [5.74, 6) is 0. The third-order valence-corrected chi connectivity index (χ3v) is 10.1. The first-order chi connectivity index (χ1) is 19.2. The Morgan fingerprint density at radius 3 is 1.41 bits per heavy atom. The molecule has 0 bridgehead atoms. The first-order valence-corrected chi connectivity index (χ1v) is 16.9. The van der Waals surface area contributed by atoms with E-state index in [1.807, 2.05) is 0 Å². The van der Waals surface area contributed by atoms with Crippen molar-refractivity contribution < 1.29 is 9.47 Å². The Kier molecular flexibility index (Phi) is 11.4. The topological polar surface area (TPSA) is 24.9 Å². The molecule has 0 N–H and O–H groups in total. The van der Waals surface area contributed by atoms with Crippen molar-refractivity contribution in [3.05, 3.63) is 56.5 Å². The maximum atomic E-state index is 5.51. The number of ether oxygens (including phenoxy) is 2. The molecule has 3 aliphatic rings. The molecule has 2 saturated heterocycles. The second kappa shape index (κ2) is 14.9. The molecule has 4 nitrogen and oxygen atoms in total. The van der Waals surface area contributed by atoms with Crippen LogP contribution < -0.4 is 0 Å². The summed E-state index contributed by atoms with van der Waals surface area (Å²) in [5, 5.41) is 0. The van der Waals surface area contributed by atoms with E-state index in [0.29, 0.717) is 0 Å². The first-order valence-electron chi connectivity index (χ1n) is 15.4. The number of hydrogen-bond acceptors (Lipinski definition) is 4. The predicted molar refractivity (Wildman–Crippen MR) is 169 cm³/mol. The second-order valence-corrected chi connectivity index (χ2v) is 13.5. The number of benzene rings is 2. The highest BCUT2D eigenvalue weighted by Crippen LogP contribution is 2.55. The molecule has 2 aliphatic heterocycles. The van der Waals surface area contributed by atoms with E-state index in [1.165, 1.54) is 97.4 Å². The second-order valence-electron chi connectivity index (χ2n) is 11.7. The molecule has 0 radical (unpaired) electrons. The summed E-state index contributed by atoms with van der Waals surface area (Å²) in [5.41, 5.74) is 6.10. The van der Waals surface area contributed by atoms with E-state index in [4.69, 9.17) is 9.47 Å². The zero-order chi connectivity index (χ0) is 26.9. The number of halogens is 2. The van der Waals surface area contributed by atoms with Gasteiger partial charge in [-0.3, -0.25) is 9.80 Å². The molecule has 5 rings (SSSR count). The highest BCUT2D eigenvalue weighted by atomic mass is 79.9. The van der Waals surface area contributed by atoms with Crippen LogP contribution in [0.1, 0.15) is 75.3 Å². The van der Waals surface area contributed by atoms with Gasteiger partial charge < -0.3 is 9.47 Å². The van der Waals surface area contributed by atoms with Crippen LogP contribution in [-0.4, -0.2) is 75.5 Å². The van der Waals surface area contributed by atoms with Crippen molar-refractivity contribution in [3.8, 4) is 11.1 Å². The highest BCUT2D eigenvalue weighted by molar-refractivity contribution is 9.10. The lowest BCUT2D eigenvalue weighted by Gasteiger charge is -2.33. The fraction of sp³-hybridized carbons (Fsp3) is 0.636. The molecule has 0 saturated carbocycles. The molecular formula is C33H46Br2N2O2. The van der Waals surface area contributed by atoms with Crippen molar-refractivity contribution in [3.63, 3.8) is 0 Å².